The van der Waals surface area contributed by atoms with Crippen LogP contribution >= 0.6 is 11.6 Å². The molecule has 24 heavy (non-hydrogen) atoms. The molecule has 1 N–H and O–H groups in total. The van der Waals surface area contributed by atoms with Gasteiger partial charge in [0.25, 0.3) is 5.69 Å². The summed E-state index contributed by atoms with van der Waals surface area (Å²) in [5.41, 5.74) is -0.0609. The van der Waals surface area contributed by atoms with Crippen LogP contribution in [0.1, 0.15) is 16.1 Å². The third-order valence-corrected chi connectivity index (χ3v) is 3.21. The zero-order valence-corrected chi connectivity index (χ0v) is 12.8. The van der Waals surface area contributed by atoms with Crippen molar-refractivity contribution >= 4 is 34.4 Å². The molecule has 0 radical (unpaired) electrons. The minimum absolute atomic E-state index is 0.0453. The fourth-order valence-electron chi connectivity index (χ4n) is 1.81. The number of hydrogen-bond acceptors (Lipinski definition) is 7. The number of non-ortho nitro benzene ring substituents is 1. The van der Waals surface area contributed by atoms with Crippen LogP contribution in [-0.2, 0) is 6.54 Å². The lowest BCUT2D eigenvalue weighted by Gasteiger charge is -1.97. The molecule has 0 amide bonds. The number of azo groups is 1. The fraction of sp³-hybridized carbons (Fsp3) is 0.154. The summed E-state index contributed by atoms with van der Waals surface area (Å²) < 4.78 is 0. The normalized spacial score (nSPS) is 10.9. The van der Waals surface area contributed by atoms with Crippen LogP contribution in [0.25, 0.3) is 0 Å². The summed E-state index contributed by atoms with van der Waals surface area (Å²) in [6, 6.07) is 4.62. The Balaban J connectivity index is 2.17. The summed E-state index contributed by atoms with van der Waals surface area (Å²) in [6.45, 7) is 0.0453. The number of aromatic nitrogens is 1. The van der Waals surface area contributed by atoms with Crippen LogP contribution in [-0.4, -0.2) is 26.5 Å². The zero-order chi connectivity index (χ0) is 17.7. The van der Waals surface area contributed by atoms with Gasteiger partial charge in [0.2, 0.25) is 0 Å². The first kappa shape index (κ1) is 17.2. The Bertz CT molecular complexity index is 832. The highest BCUT2D eigenvalue weighted by Crippen LogP contribution is 2.31. The van der Waals surface area contributed by atoms with Gasteiger partial charge in [0.15, 0.2) is 11.5 Å². The minimum atomic E-state index is -0.771. The predicted molar refractivity (Wildman–Crippen MR) is 83.8 cm³/mol. The maximum Gasteiger partial charge on any atom is 0.303 e. The number of nitrogens with one attached hydrogen (secondary N) is 1. The van der Waals surface area contributed by atoms with Crippen LogP contribution in [0.3, 0.4) is 0 Å². The summed E-state index contributed by atoms with van der Waals surface area (Å²) in [4.78, 5) is 34.3. The maximum absolute atomic E-state index is 11.4. The molecule has 1 heterocycles. The SMILES string of the molecule is O=C(CCl)c1c[nH]c(CN=Nc2ccc([N+](=O)[O-])cc2[N+](=O)[O-])c1. The first-order chi connectivity index (χ1) is 11.4. The molecule has 0 atom stereocenters. The van der Waals surface area contributed by atoms with Crippen molar-refractivity contribution in [3.63, 3.8) is 0 Å². The van der Waals surface area contributed by atoms with Crippen molar-refractivity contribution in [2.24, 2.45) is 10.2 Å². The first-order valence-electron chi connectivity index (χ1n) is 6.49. The first-order valence-corrected chi connectivity index (χ1v) is 7.02. The summed E-state index contributed by atoms with van der Waals surface area (Å²) >= 11 is 5.45. The molecule has 2 aromatic rings. The number of aromatic amines is 1. The molecule has 0 saturated heterocycles. The van der Waals surface area contributed by atoms with E-state index in [0.717, 1.165) is 18.2 Å². The molecule has 0 bridgehead atoms. The number of rotatable bonds is 7. The lowest BCUT2D eigenvalue weighted by atomic mass is 10.2. The number of benzene rings is 1. The van der Waals surface area contributed by atoms with Crippen molar-refractivity contribution in [3.8, 4) is 0 Å². The van der Waals surface area contributed by atoms with Gasteiger partial charge in [-0.1, -0.05) is 0 Å². The number of ketones is 1. The quantitative estimate of drug-likeness (QED) is 0.266. The molecule has 0 aliphatic rings. The maximum atomic E-state index is 11.4. The number of nitro groups is 2. The van der Waals surface area contributed by atoms with E-state index < -0.39 is 21.2 Å². The van der Waals surface area contributed by atoms with Crippen molar-refractivity contribution in [1.29, 1.82) is 0 Å². The van der Waals surface area contributed by atoms with Gasteiger partial charge in [0.05, 0.1) is 21.8 Å². The van der Waals surface area contributed by atoms with Gasteiger partial charge < -0.3 is 4.98 Å². The Morgan fingerprint density at radius 2 is 1.96 bits per heavy atom. The van der Waals surface area contributed by atoms with Crippen molar-refractivity contribution < 1.29 is 14.6 Å². The molecule has 0 saturated carbocycles. The van der Waals surface area contributed by atoms with Crippen LogP contribution < -0.4 is 0 Å². The second-order valence-corrected chi connectivity index (χ2v) is 4.82. The van der Waals surface area contributed by atoms with Crippen molar-refractivity contribution in [3.05, 3.63) is 61.9 Å². The Morgan fingerprint density at radius 3 is 2.58 bits per heavy atom. The number of carbonyl (C=O) groups excluding carboxylic acids is 1. The number of nitrogens with zero attached hydrogens (tertiary/aromatic N) is 4. The number of halogens is 1. The van der Waals surface area contributed by atoms with E-state index in [1.54, 1.807) is 6.07 Å². The zero-order valence-electron chi connectivity index (χ0n) is 12.0. The highest BCUT2D eigenvalue weighted by Gasteiger charge is 2.19. The summed E-state index contributed by atoms with van der Waals surface area (Å²) in [6.07, 6.45) is 1.48. The topological polar surface area (TPSA) is 144 Å². The van der Waals surface area contributed by atoms with E-state index >= 15 is 0 Å². The molecule has 0 aliphatic carbocycles. The highest BCUT2D eigenvalue weighted by atomic mass is 35.5. The standard InChI is InChI=1S/C13H10ClN5O5/c14-5-13(20)8-3-9(15-6-8)7-16-17-11-2-1-10(18(21)22)4-12(11)19(23)24/h1-4,6,15H,5,7H2. The van der Waals surface area contributed by atoms with E-state index in [1.807, 2.05) is 0 Å². The average molecular weight is 352 g/mol. The second-order valence-electron chi connectivity index (χ2n) is 4.56. The van der Waals surface area contributed by atoms with E-state index in [2.05, 4.69) is 15.2 Å². The highest BCUT2D eigenvalue weighted by molar-refractivity contribution is 6.30. The molecule has 1 aromatic heterocycles. The van der Waals surface area contributed by atoms with Gasteiger partial charge in [-0.05, 0) is 12.1 Å². The Labute approximate surface area is 139 Å². The van der Waals surface area contributed by atoms with E-state index in [0.29, 0.717) is 11.3 Å². The number of hydrogen-bond donors (Lipinski definition) is 1. The van der Waals surface area contributed by atoms with Gasteiger partial charge in [-0.25, -0.2) is 0 Å². The van der Waals surface area contributed by atoms with Crippen LogP contribution in [0, 0.1) is 20.2 Å². The molecule has 0 fully saturated rings. The minimum Gasteiger partial charge on any atom is -0.363 e. The predicted octanol–water partition coefficient (Wildman–Crippen LogP) is 3.54. The lowest BCUT2D eigenvalue weighted by Crippen LogP contribution is -1.97. The van der Waals surface area contributed by atoms with Crippen LogP contribution in [0.5, 0.6) is 0 Å². The number of Topliss-reactive ketones (excluding diaryl/α,β-unsaturated/α-hetero) is 1. The smallest absolute Gasteiger partial charge is 0.303 e. The van der Waals surface area contributed by atoms with E-state index in [9.17, 15) is 25.0 Å². The van der Waals surface area contributed by atoms with Crippen LogP contribution in [0.4, 0.5) is 17.1 Å². The third-order valence-electron chi connectivity index (χ3n) is 2.97. The van der Waals surface area contributed by atoms with E-state index in [4.69, 9.17) is 11.6 Å². The number of carbonyl (C=O) groups is 1. The van der Waals surface area contributed by atoms with E-state index in [1.165, 1.54) is 6.20 Å². The number of nitro benzene ring substituents is 2. The molecule has 1 aromatic carbocycles. The molecule has 0 aliphatic heterocycles. The Morgan fingerprint density at radius 1 is 1.21 bits per heavy atom. The van der Waals surface area contributed by atoms with Gasteiger partial charge in [-0.15, -0.1) is 16.7 Å². The average Bonchev–Trinajstić information content (AvgIpc) is 3.02. The molecule has 0 spiro atoms. The lowest BCUT2D eigenvalue weighted by molar-refractivity contribution is -0.393. The Hall–Kier alpha value is -3.14. The van der Waals surface area contributed by atoms with Crippen LogP contribution in [0.15, 0.2) is 40.7 Å². The van der Waals surface area contributed by atoms with Crippen molar-refractivity contribution in [1.82, 2.24) is 4.98 Å². The van der Waals surface area contributed by atoms with Gasteiger partial charge in [0.1, 0.15) is 6.54 Å². The molecular formula is C13H10ClN5O5. The second kappa shape index (κ2) is 7.42. The van der Waals surface area contributed by atoms with Crippen LogP contribution in [0.2, 0.25) is 0 Å². The van der Waals surface area contributed by atoms with Crippen molar-refractivity contribution in [2.75, 3.05) is 5.88 Å². The largest absolute Gasteiger partial charge is 0.363 e. The molecular weight excluding hydrogens is 342 g/mol. The van der Waals surface area contributed by atoms with Gasteiger partial charge >= 0.3 is 5.69 Å². The van der Waals surface area contributed by atoms with Crippen molar-refractivity contribution in [2.45, 2.75) is 6.54 Å². The van der Waals surface area contributed by atoms with Gasteiger partial charge in [-0.2, -0.15) is 5.11 Å². The summed E-state index contributed by atoms with van der Waals surface area (Å²) in [5.74, 6) is -0.393. The molecule has 0 unspecified atom stereocenters. The Kier molecular flexibility index (Phi) is 5.32. The third kappa shape index (κ3) is 3.98. The molecule has 124 valence electrons. The number of alkyl halides is 1. The van der Waals surface area contributed by atoms with Gasteiger partial charge in [-0.3, -0.25) is 25.0 Å². The summed E-state index contributed by atoms with van der Waals surface area (Å²) in [5, 5.41) is 29.2. The monoisotopic (exact) mass is 351 g/mol. The fourth-order valence-corrected chi connectivity index (χ4v) is 1.97. The molecule has 10 nitrogen and oxygen atoms in total. The molecule has 2 rings (SSSR count). The number of H-pyrrole nitrogens is 1. The molecule has 11 heteroatoms. The van der Waals surface area contributed by atoms with E-state index in [-0.39, 0.29) is 23.9 Å². The summed E-state index contributed by atoms with van der Waals surface area (Å²) in [7, 11) is 0. The van der Waals surface area contributed by atoms with Gasteiger partial charge in [0, 0.05) is 23.5 Å².